The Morgan fingerprint density at radius 2 is 1.74 bits per heavy atom. The molecule has 0 radical (unpaired) electrons. The Morgan fingerprint density at radius 3 is 2.54 bits per heavy atom. The van der Waals surface area contributed by atoms with E-state index in [4.69, 9.17) is 0 Å². The van der Waals surface area contributed by atoms with Gasteiger partial charge in [0, 0.05) is 42.6 Å². The van der Waals surface area contributed by atoms with Crippen molar-refractivity contribution in [1.82, 2.24) is 19.8 Å². The molecule has 1 amide bonds. The molecule has 6 nitrogen and oxygen atoms in total. The Labute approximate surface area is 206 Å². The highest BCUT2D eigenvalue weighted by atomic mass is 16.2. The summed E-state index contributed by atoms with van der Waals surface area (Å²) in [6, 6.07) is 27.9. The van der Waals surface area contributed by atoms with Gasteiger partial charge in [0.15, 0.2) is 5.82 Å². The van der Waals surface area contributed by atoms with E-state index < -0.39 is 0 Å². The summed E-state index contributed by atoms with van der Waals surface area (Å²) in [5.74, 6) is 1.38. The van der Waals surface area contributed by atoms with E-state index in [2.05, 4.69) is 58.4 Å². The van der Waals surface area contributed by atoms with Gasteiger partial charge in [-0.3, -0.25) is 4.79 Å². The lowest BCUT2D eigenvalue weighted by Crippen LogP contribution is -2.49. The second kappa shape index (κ2) is 10.1. The second-order valence-corrected chi connectivity index (χ2v) is 9.02. The number of nitrogens with zero attached hydrogens (tertiary/aromatic N) is 4. The lowest BCUT2D eigenvalue weighted by molar-refractivity contribution is 0.0498. The van der Waals surface area contributed by atoms with Gasteiger partial charge in [-0.05, 0) is 43.8 Å². The molecule has 4 aromatic rings. The van der Waals surface area contributed by atoms with Crippen molar-refractivity contribution in [3.05, 3.63) is 108 Å². The van der Waals surface area contributed by atoms with Crippen LogP contribution in [0.2, 0.25) is 0 Å². The molecule has 0 aliphatic carbocycles. The molecule has 1 atom stereocenters. The minimum atomic E-state index is 0.0259. The van der Waals surface area contributed by atoms with Gasteiger partial charge < -0.3 is 15.1 Å². The van der Waals surface area contributed by atoms with Crippen LogP contribution in [0.3, 0.4) is 0 Å². The number of piperazine rings is 1. The third-order valence-corrected chi connectivity index (χ3v) is 6.38. The first-order valence-corrected chi connectivity index (χ1v) is 11.9. The summed E-state index contributed by atoms with van der Waals surface area (Å²) in [6.07, 6.45) is 1.74. The van der Waals surface area contributed by atoms with Crippen LogP contribution in [0.5, 0.6) is 0 Å². The number of carbonyl (C=O) groups is 1. The largest absolute Gasteiger partial charge is 0.340 e. The number of aromatic nitrogens is 2. The van der Waals surface area contributed by atoms with Crippen molar-refractivity contribution >= 4 is 17.4 Å². The molecule has 1 saturated heterocycles. The van der Waals surface area contributed by atoms with E-state index >= 15 is 0 Å². The fraction of sp³-hybridized carbons (Fsp3) is 0.207. The summed E-state index contributed by atoms with van der Waals surface area (Å²) in [4.78, 5) is 27.0. The molecule has 35 heavy (non-hydrogen) atoms. The van der Waals surface area contributed by atoms with Gasteiger partial charge in [-0.25, -0.2) is 9.97 Å². The van der Waals surface area contributed by atoms with Gasteiger partial charge >= 0.3 is 0 Å². The molecule has 3 aromatic carbocycles. The van der Waals surface area contributed by atoms with E-state index in [1.54, 1.807) is 6.20 Å². The summed E-state index contributed by atoms with van der Waals surface area (Å²) in [5, 5.41) is 3.34. The number of likely N-dealkylation sites (N-methyl/N-ethyl adjacent to an activating group) is 1. The van der Waals surface area contributed by atoms with Crippen LogP contribution in [0.15, 0.2) is 91.1 Å². The quantitative estimate of drug-likeness (QED) is 0.434. The first-order valence-electron chi connectivity index (χ1n) is 11.9. The van der Waals surface area contributed by atoms with Crippen LogP contribution in [-0.4, -0.2) is 52.4 Å². The Morgan fingerprint density at radius 1 is 0.943 bits per heavy atom. The number of carbonyl (C=O) groups excluding carboxylic acids is 1. The minimum Gasteiger partial charge on any atom is -0.340 e. The smallest absolute Gasteiger partial charge is 0.254 e. The van der Waals surface area contributed by atoms with Crippen LogP contribution < -0.4 is 5.32 Å². The third-order valence-electron chi connectivity index (χ3n) is 6.38. The standard InChI is InChI=1S/C29H29N5O/c1-21-11-13-23(14-12-21)28-30-16-15-27(32-28)31-25-10-6-9-24(19-25)29(35)34-18-17-33(2)20-26(34)22-7-4-3-5-8-22/h3-16,19,26H,17-18,20H2,1-2H3,(H,30,31,32)/t26-/m1/s1. The lowest BCUT2D eigenvalue weighted by atomic mass is 10.0. The van der Waals surface area contributed by atoms with Crippen LogP contribution in [0.4, 0.5) is 11.5 Å². The number of hydrogen-bond donors (Lipinski definition) is 1. The van der Waals surface area contributed by atoms with Crippen LogP contribution in [-0.2, 0) is 0 Å². The average Bonchev–Trinajstić information content (AvgIpc) is 2.89. The predicted molar refractivity (Wildman–Crippen MR) is 140 cm³/mol. The molecular formula is C29H29N5O. The molecule has 0 unspecified atom stereocenters. The molecule has 1 N–H and O–H groups in total. The number of amides is 1. The van der Waals surface area contributed by atoms with Gasteiger partial charge in [-0.1, -0.05) is 66.2 Å². The first-order chi connectivity index (χ1) is 17.1. The van der Waals surface area contributed by atoms with Gasteiger partial charge in [-0.15, -0.1) is 0 Å². The topological polar surface area (TPSA) is 61.4 Å². The Balaban J connectivity index is 1.36. The molecule has 1 aliphatic heterocycles. The van der Waals surface area contributed by atoms with E-state index in [0.29, 0.717) is 23.8 Å². The molecule has 2 heterocycles. The van der Waals surface area contributed by atoms with Gasteiger partial charge in [0.1, 0.15) is 5.82 Å². The molecule has 0 spiro atoms. The van der Waals surface area contributed by atoms with Crippen LogP contribution >= 0.6 is 0 Å². The van der Waals surface area contributed by atoms with Crippen LogP contribution in [0, 0.1) is 6.92 Å². The molecule has 0 saturated carbocycles. The zero-order valence-electron chi connectivity index (χ0n) is 20.1. The normalized spacial score (nSPS) is 16.2. The summed E-state index contributed by atoms with van der Waals surface area (Å²) in [7, 11) is 2.11. The molecule has 5 rings (SSSR count). The van der Waals surface area contributed by atoms with Crippen molar-refractivity contribution in [3.8, 4) is 11.4 Å². The van der Waals surface area contributed by atoms with Crippen LogP contribution in [0.25, 0.3) is 11.4 Å². The highest BCUT2D eigenvalue weighted by Gasteiger charge is 2.30. The van der Waals surface area contributed by atoms with Crippen molar-refractivity contribution in [2.45, 2.75) is 13.0 Å². The number of benzene rings is 3. The zero-order valence-corrected chi connectivity index (χ0v) is 20.1. The molecule has 176 valence electrons. The van der Waals surface area contributed by atoms with Gasteiger partial charge in [0.25, 0.3) is 5.91 Å². The Bertz CT molecular complexity index is 1310. The van der Waals surface area contributed by atoms with Gasteiger partial charge in [0.2, 0.25) is 0 Å². The number of aryl methyl sites for hydroxylation is 1. The van der Waals surface area contributed by atoms with E-state index in [-0.39, 0.29) is 11.9 Å². The fourth-order valence-electron chi connectivity index (χ4n) is 4.44. The average molecular weight is 464 g/mol. The van der Waals surface area contributed by atoms with E-state index in [9.17, 15) is 4.79 Å². The Kier molecular flexibility index (Phi) is 6.55. The van der Waals surface area contributed by atoms with E-state index in [1.165, 1.54) is 5.56 Å². The summed E-state index contributed by atoms with van der Waals surface area (Å²) >= 11 is 0. The van der Waals surface area contributed by atoms with Gasteiger partial charge in [0.05, 0.1) is 6.04 Å². The molecule has 1 aliphatic rings. The predicted octanol–water partition coefficient (Wildman–Crippen LogP) is 5.32. The maximum atomic E-state index is 13.6. The molecular weight excluding hydrogens is 434 g/mol. The highest BCUT2D eigenvalue weighted by molar-refractivity contribution is 5.95. The van der Waals surface area contributed by atoms with E-state index in [0.717, 1.165) is 29.9 Å². The van der Waals surface area contributed by atoms with Crippen molar-refractivity contribution in [3.63, 3.8) is 0 Å². The highest BCUT2D eigenvalue weighted by Crippen LogP contribution is 2.28. The third kappa shape index (κ3) is 5.23. The van der Waals surface area contributed by atoms with Crippen LogP contribution in [0.1, 0.15) is 27.5 Å². The maximum absolute atomic E-state index is 13.6. The number of hydrogen-bond acceptors (Lipinski definition) is 5. The summed E-state index contributed by atoms with van der Waals surface area (Å²) < 4.78 is 0. The molecule has 1 aromatic heterocycles. The SMILES string of the molecule is Cc1ccc(-c2nccc(Nc3cccc(C(=O)N4CCN(C)C[C@@H]4c4ccccc4)c3)n2)cc1. The summed E-state index contributed by atoms with van der Waals surface area (Å²) in [5.41, 5.74) is 4.79. The van der Waals surface area contributed by atoms with Gasteiger partial charge in [-0.2, -0.15) is 0 Å². The summed E-state index contributed by atoms with van der Waals surface area (Å²) in [6.45, 7) is 4.42. The van der Waals surface area contributed by atoms with Crippen molar-refractivity contribution < 1.29 is 4.79 Å². The number of anilines is 2. The monoisotopic (exact) mass is 463 g/mol. The fourth-order valence-corrected chi connectivity index (χ4v) is 4.44. The Hall–Kier alpha value is -4.03. The maximum Gasteiger partial charge on any atom is 0.254 e. The lowest BCUT2D eigenvalue weighted by Gasteiger charge is -2.40. The van der Waals surface area contributed by atoms with Crippen molar-refractivity contribution in [2.75, 3.05) is 32.0 Å². The number of rotatable bonds is 5. The zero-order chi connectivity index (χ0) is 24.2. The van der Waals surface area contributed by atoms with Crippen molar-refractivity contribution in [1.29, 1.82) is 0 Å². The number of nitrogens with one attached hydrogen (secondary N) is 1. The molecule has 0 bridgehead atoms. The molecule has 1 fully saturated rings. The van der Waals surface area contributed by atoms with Crippen molar-refractivity contribution in [2.24, 2.45) is 0 Å². The molecule has 6 heteroatoms. The van der Waals surface area contributed by atoms with E-state index in [1.807, 2.05) is 65.6 Å². The first kappa shape index (κ1) is 22.7. The minimum absolute atomic E-state index is 0.0259. The second-order valence-electron chi connectivity index (χ2n) is 9.02.